The fraction of sp³-hybridized carbons (Fsp3) is 0.121. The Morgan fingerprint density at radius 1 is 1.05 bits per heavy atom. The maximum atomic E-state index is 14.1. The molecule has 0 saturated heterocycles. The predicted molar refractivity (Wildman–Crippen MR) is 168 cm³/mol. The number of furan rings is 1. The molecule has 0 N–H and O–H groups in total. The number of hydrogen-bond donors (Lipinski definition) is 0. The maximum Gasteiger partial charge on any atom is 0.338 e. The lowest BCUT2D eigenvalue weighted by atomic mass is 9.93. The van der Waals surface area contributed by atoms with Gasteiger partial charge in [-0.3, -0.25) is 9.36 Å². The zero-order chi connectivity index (χ0) is 30.1. The minimum absolute atomic E-state index is 0.165. The number of thiazole rings is 1. The minimum atomic E-state index is -0.817. The summed E-state index contributed by atoms with van der Waals surface area (Å²) in [4.78, 5) is 33.0. The number of methoxy groups -OCH3 is 1. The van der Waals surface area contributed by atoms with Crippen LogP contribution in [0.25, 0.3) is 23.1 Å². The second-order valence-corrected chi connectivity index (χ2v) is 11.4. The first-order chi connectivity index (χ1) is 20.9. The Balaban J connectivity index is 1.57. The molecule has 216 valence electrons. The summed E-state index contributed by atoms with van der Waals surface area (Å²) >= 11 is 13.6. The van der Waals surface area contributed by atoms with E-state index in [1.54, 1.807) is 56.5 Å². The summed E-state index contributed by atoms with van der Waals surface area (Å²) in [5.41, 5.74) is 2.46. The van der Waals surface area contributed by atoms with Gasteiger partial charge < -0.3 is 13.9 Å². The summed E-state index contributed by atoms with van der Waals surface area (Å²) in [6.45, 7) is 1.91. The first kappa shape index (κ1) is 28.7. The van der Waals surface area contributed by atoms with Crippen LogP contribution in [-0.4, -0.2) is 24.3 Å². The van der Waals surface area contributed by atoms with Crippen LogP contribution >= 0.6 is 34.5 Å². The highest BCUT2D eigenvalue weighted by Crippen LogP contribution is 2.36. The topological polar surface area (TPSA) is 83.0 Å². The molecule has 5 aromatic rings. The molecular weight excluding hydrogens is 607 g/mol. The van der Waals surface area contributed by atoms with Crippen molar-refractivity contribution in [3.8, 4) is 17.1 Å². The molecule has 1 aliphatic rings. The van der Waals surface area contributed by atoms with E-state index in [0.29, 0.717) is 53.5 Å². The number of aromatic nitrogens is 1. The largest absolute Gasteiger partial charge is 0.497 e. The minimum Gasteiger partial charge on any atom is -0.497 e. The zero-order valence-electron chi connectivity index (χ0n) is 23.0. The van der Waals surface area contributed by atoms with Crippen molar-refractivity contribution in [3.05, 3.63) is 137 Å². The molecule has 0 aliphatic carbocycles. The summed E-state index contributed by atoms with van der Waals surface area (Å²) in [5.74, 6) is 1.02. The molecule has 10 heteroatoms. The second kappa shape index (κ2) is 12.1. The fourth-order valence-electron chi connectivity index (χ4n) is 4.96. The maximum absolute atomic E-state index is 14.1. The highest BCUT2D eigenvalue weighted by molar-refractivity contribution is 7.07. The van der Waals surface area contributed by atoms with E-state index in [9.17, 15) is 9.59 Å². The quantitative estimate of drug-likeness (QED) is 0.191. The van der Waals surface area contributed by atoms with Gasteiger partial charge in [-0.05, 0) is 55.0 Å². The van der Waals surface area contributed by atoms with Gasteiger partial charge in [0, 0.05) is 22.2 Å². The van der Waals surface area contributed by atoms with Crippen molar-refractivity contribution in [2.45, 2.75) is 13.0 Å². The average molecular weight is 632 g/mol. The van der Waals surface area contributed by atoms with Gasteiger partial charge in [0.15, 0.2) is 4.80 Å². The van der Waals surface area contributed by atoms with Crippen molar-refractivity contribution in [1.82, 2.24) is 4.57 Å². The second-order valence-electron chi connectivity index (χ2n) is 9.53. The Hall–Kier alpha value is -4.37. The van der Waals surface area contributed by atoms with Gasteiger partial charge in [0.2, 0.25) is 0 Å². The molecular formula is C33H24Cl2N2O5S. The number of rotatable bonds is 7. The summed E-state index contributed by atoms with van der Waals surface area (Å²) in [6.07, 6.45) is 1.66. The summed E-state index contributed by atoms with van der Waals surface area (Å²) < 4.78 is 19.0. The van der Waals surface area contributed by atoms with Crippen LogP contribution in [0.2, 0.25) is 10.0 Å². The van der Waals surface area contributed by atoms with E-state index in [-0.39, 0.29) is 17.7 Å². The van der Waals surface area contributed by atoms with Gasteiger partial charge in [-0.2, -0.15) is 0 Å². The number of benzene rings is 3. The molecule has 1 unspecified atom stereocenters. The van der Waals surface area contributed by atoms with Gasteiger partial charge in [0.25, 0.3) is 5.56 Å². The van der Waals surface area contributed by atoms with Crippen molar-refractivity contribution in [2.24, 2.45) is 4.99 Å². The molecule has 43 heavy (non-hydrogen) atoms. The molecule has 0 radical (unpaired) electrons. The van der Waals surface area contributed by atoms with E-state index >= 15 is 0 Å². The highest BCUT2D eigenvalue weighted by atomic mass is 35.5. The number of fused-ring (bicyclic) bond motifs is 1. The highest BCUT2D eigenvalue weighted by Gasteiger charge is 2.35. The number of nitrogens with zero attached hydrogens (tertiary/aromatic N) is 2. The molecule has 0 amide bonds. The van der Waals surface area contributed by atoms with Crippen LogP contribution in [0.5, 0.6) is 5.75 Å². The van der Waals surface area contributed by atoms with E-state index in [4.69, 9.17) is 42.1 Å². The third-order valence-corrected chi connectivity index (χ3v) is 8.41. The standard InChI is InChI=1S/C33H24Cl2N2O5S/c1-3-41-32(39)28-29(19-8-5-4-6-9-19)36-33-37(30(28)20-10-7-11-22(16-20)40-2)31(38)27(43-33)18-23-13-15-26(42-23)24-14-12-21(34)17-25(24)35/h4-18,30H,3H2,1-2H3/b27-18-. The summed E-state index contributed by atoms with van der Waals surface area (Å²) in [5, 5.41) is 0.968. The molecule has 3 aromatic carbocycles. The van der Waals surface area contributed by atoms with Gasteiger partial charge in [0.05, 0.1) is 40.6 Å². The fourth-order valence-corrected chi connectivity index (χ4v) is 6.44. The van der Waals surface area contributed by atoms with Gasteiger partial charge in [0.1, 0.15) is 17.3 Å². The summed E-state index contributed by atoms with van der Waals surface area (Å²) in [6, 6.07) is 24.5. The average Bonchev–Trinajstić information content (AvgIpc) is 3.60. The Labute approximate surface area is 260 Å². The lowest BCUT2D eigenvalue weighted by Crippen LogP contribution is -2.40. The van der Waals surface area contributed by atoms with Crippen LogP contribution in [0.3, 0.4) is 0 Å². The molecule has 1 atom stereocenters. The molecule has 7 nitrogen and oxygen atoms in total. The van der Waals surface area contributed by atoms with Crippen LogP contribution in [0.15, 0.2) is 105 Å². The summed E-state index contributed by atoms with van der Waals surface area (Å²) in [7, 11) is 1.57. The smallest absolute Gasteiger partial charge is 0.338 e. The van der Waals surface area contributed by atoms with Crippen molar-refractivity contribution in [3.63, 3.8) is 0 Å². The van der Waals surface area contributed by atoms with E-state index < -0.39 is 12.0 Å². The number of halogens is 2. The Morgan fingerprint density at radius 2 is 1.86 bits per heavy atom. The molecule has 1 aliphatic heterocycles. The van der Waals surface area contributed by atoms with Crippen molar-refractivity contribution in [1.29, 1.82) is 0 Å². The van der Waals surface area contributed by atoms with Gasteiger partial charge in [-0.1, -0.05) is 77.0 Å². The number of esters is 1. The Morgan fingerprint density at radius 3 is 2.60 bits per heavy atom. The van der Waals surface area contributed by atoms with Crippen molar-refractivity contribution >= 4 is 52.3 Å². The van der Waals surface area contributed by atoms with E-state index in [1.807, 2.05) is 48.5 Å². The number of carbonyl (C=O) groups is 1. The molecule has 0 fully saturated rings. The predicted octanol–water partition coefficient (Wildman–Crippen LogP) is 6.51. The van der Waals surface area contributed by atoms with Crippen LogP contribution in [0, 0.1) is 0 Å². The third-order valence-electron chi connectivity index (χ3n) is 6.88. The molecule has 2 aromatic heterocycles. The van der Waals surface area contributed by atoms with Crippen molar-refractivity contribution in [2.75, 3.05) is 13.7 Å². The number of ether oxygens (including phenoxy) is 2. The van der Waals surface area contributed by atoms with Crippen LogP contribution < -0.4 is 19.6 Å². The lowest BCUT2D eigenvalue weighted by Gasteiger charge is -2.26. The molecule has 6 rings (SSSR count). The van der Waals surface area contributed by atoms with Crippen LogP contribution in [0.4, 0.5) is 0 Å². The van der Waals surface area contributed by atoms with Gasteiger partial charge in [-0.15, -0.1) is 0 Å². The Kier molecular flexibility index (Phi) is 8.08. The monoisotopic (exact) mass is 630 g/mol. The van der Waals surface area contributed by atoms with Crippen LogP contribution in [-0.2, 0) is 9.53 Å². The van der Waals surface area contributed by atoms with E-state index in [1.165, 1.54) is 15.9 Å². The zero-order valence-corrected chi connectivity index (χ0v) is 25.4. The normalized spacial score (nSPS) is 14.8. The van der Waals surface area contributed by atoms with Gasteiger partial charge >= 0.3 is 5.97 Å². The van der Waals surface area contributed by atoms with Gasteiger partial charge in [-0.25, -0.2) is 9.79 Å². The lowest BCUT2D eigenvalue weighted by molar-refractivity contribution is -0.138. The van der Waals surface area contributed by atoms with E-state index in [2.05, 4.69) is 0 Å². The van der Waals surface area contributed by atoms with Crippen molar-refractivity contribution < 1.29 is 18.7 Å². The molecule has 3 heterocycles. The first-order valence-corrected chi connectivity index (χ1v) is 14.9. The Bertz CT molecular complexity index is 2060. The van der Waals surface area contributed by atoms with E-state index in [0.717, 1.165) is 5.56 Å². The molecule has 0 spiro atoms. The van der Waals surface area contributed by atoms with Crippen LogP contribution in [0.1, 0.15) is 29.9 Å². The molecule has 0 bridgehead atoms. The number of carbonyl (C=O) groups excluding carboxylic acids is 1. The molecule has 0 saturated carbocycles. The first-order valence-electron chi connectivity index (χ1n) is 13.4. The number of hydrogen-bond acceptors (Lipinski definition) is 7. The SMILES string of the molecule is CCOC(=O)C1=C(c2ccccc2)N=c2s/c(=C\c3ccc(-c4ccc(Cl)cc4Cl)o3)c(=O)n2C1c1cccc(OC)c1. The third kappa shape index (κ3) is 5.57.